The van der Waals surface area contributed by atoms with Gasteiger partial charge in [-0.1, -0.05) is 13.8 Å². The van der Waals surface area contributed by atoms with E-state index in [-0.39, 0.29) is 53.5 Å². The van der Waals surface area contributed by atoms with Crippen LogP contribution in [0.2, 0.25) is 0 Å². The average molecular weight is 505 g/mol. The van der Waals surface area contributed by atoms with Crippen molar-refractivity contribution in [3.8, 4) is 0 Å². The molecule has 0 aromatic heterocycles. The molecule has 2 unspecified atom stereocenters. The number of likely N-dealkylation sites (N-methyl/N-ethyl adjacent to an activating group) is 1. The third-order valence-electron chi connectivity index (χ3n) is 8.84. The van der Waals surface area contributed by atoms with Gasteiger partial charge in [-0.15, -0.1) is 0 Å². The molecule has 202 valence electrons. The van der Waals surface area contributed by atoms with Crippen LogP contribution >= 0.6 is 0 Å². The van der Waals surface area contributed by atoms with Crippen molar-refractivity contribution in [2.75, 3.05) is 34.3 Å². The van der Waals surface area contributed by atoms with E-state index in [1.165, 1.54) is 26.4 Å². The van der Waals surface area contributed by atoms with Gasteiger partial charge in [-0.3, -0.25) is 19.2 Å². The number of nitrogens with zero attached hydrogens (tertiary/aromatic N) is 2. The third-order valence-corrected chi connectivity index (χ3v) is 8.84. The van der Waals surface area contributed by atoms with E-state index in [4.69, 9.17) is 4.74 Å². The van der Waals surface area contributed by atoms with Crippen LogP contribution in [0.4, 0.5) is 0 Å². The fourth-order valence-corrected chi connectivity index (χ4v) is 8.54. The lowest BCUT2D eigenvalue weighted by atomic mass is 9.43. The molecule has 5 aliphatic rings. The molecule has 1 aliphatic heterocycles. The van der Waals surface area contributed by atoms with Crippen LogP contribution in [0.3, 0.4) is 0 Å². The quantitative estimate of drug-likeness (QED) is 0.464. The lowest BCUT2D eigenvalue weighted by molar-refractivity contribution is -0.145. The summed E-state index contributed by atoms with van der Waals surface area (Å²) in [5.41, 5.74) is 0.224. The maximum absolute atomic E-state index is 13.7. The minimum Gasteiger partial charge on any atom is -0.469 e. The topological polar surface area (TPSA) is 108 Å². The van der Waals surface area contributed by atoms with Gasteiger partial charge in [-0.2, -0.15) is 0 Å². The third kappa shape index (κ3) is 5.71. The molecule has 9 nitrogen and oxygen atoms in total. The Balaban J connectivity index is 1.47. The molecule has 4 atom stereocenters. The van der Waals surface area contributed by atoms with Crippen LogP contribution in [-0.2, 0) is 23.9 Å². The lowest BCUT2D eigenvalue weighted by Gasteiger charge is -2.65. The molecule has 0 spiro atoms. The van der Waals surface area contributed by atoms with Crippen molar-refractivity contribution in [1.82, 2.24) is 20.4 Å². The van der Waals surface area contributed by atoms with Gasteiger partial charge in [0.15, 0.2) is 0 Å². The molecular weight excluding hydrogens is 460 g/mol. The summed E-state index contributed by atoms with van der Waals surface area (Å²) >= 11 is 0. The van der Waals surface area contributed by atoms with Gasteiger partial charge in [-0.25, -0.2) is 0 Å². The zero-order chi connectivity index (χ0) is 26.3. The molecule has 5 rings (SSSR count). The van der Waals surface area contributed by atoms with Crippen molar-refractivity contribution in [1.29, 1.82) is 0 Å². The molecule has 2 N–H and O–H groups in total. The van der Waals surface area contributed by atoms with Crippen LogP contribution in [0.5, 0.6) is 0 Å². The summed E-state index contributed by atoms with van der Waals surface area (Å²) in [6.07, 6.45) is 8.07. The van der Waals surface area contributed by atoms with Gasteiger partial charge in [-0.05, 0) is 88.6 Å². The van der Waals surface area contributed by atoms with Gasteiger partial charge in [0, 0.05) is 18.5 Å². The van der Waals surface area contributed by atoms with Gasteiger partial charge in [0.25, 0.3) is 0 Å². The van der Waals surface area contributed by atoms with Crippen LogP contribution in [0.25, 0.3) is 0 Å². The van der Waals surface area contributed by atoms with Crippen LogP contribution in [0.15, 0.2) is 0 Å². The largest absolute Gasteiger partial charge is 0.469 e. The van der Waals surface area contributed by atoms with Gasteiger partial charge in [0.2, 0.25) is 17.7 Å². The fraction of sp³-hybridized carbons (Fsp3) is 0.852. The highest BCUT2D eigenvalue weighted by Gasteiger charge is 2.60. The number of nitrogens with one attached hydrogen (secondary N) is 2. The number of carbonyl (C=O) groups excluding carboxylic acids is 4. The molecule has 5 fully saturated rings. The molecule has 1 saturated heterocycles. The zero-order valence-corrected chi connectivity index (χ0v) is 22.7. The SMILES string of the molecule is COC(=O)CC[C@H](NC(=O)[C@@H]1CCCN1C(=O)CN(C)C)C(=O)NC12CC3CC(C)(CC(C)(C3)C1)C2. The Labute approximate surface area is 215 Å². The van der Waals surface area contributed by atoms with Crippen molar-refractivity contribution in [3.63, 3.8) is 0 Å². The van der Waals surface area contributed by atoms with E-state index in [1.807, 2.05) is 14.1 Å². The standard InChI is InChI=1S/C27H44N4O5/c1-25-11-18-12-26(2,15-25)17-27(13-18,16-25)29-23(34)19(8-9-22(33)36-5)28-24(35)20-7-6-10-31(20)21(32)14-30(3)4/h18-20H,6-17H2,1-5H3,(H,28,35)(H,29,34)/t18?,19-,20-,25?,26?,27?/m0/s1. The first-order chi connectivity index (χ1) is 16.8. The molecule has 4 saturated carbocycles. The van der Waals surface area contributed by atoms with Gasteiger partial charge in [0.1, 0.15) is 12.1 Å². The predicted molar refractivity (Wildman–Crippen MR) is 135 cm³/mol. The second-order valence-electron chi connectivity index (χ2n) is 13.1. The highest BCUT2D eigenvalue weighted by atomic mass is 16.5. The summed E-state index contributed by atoms with van der Waals surface area (Å²) in [5.74, 6) is -0.446. The lowest BCUT2D eigenvalue weighted by Crippen LogP contribution is -2.67. The number of ether oxygens (including phenoxy) is 1. The van der Waals surface area contributed by atoms with E-state index in [2.05, 4.69) is 24.5 Å². The number of carbonyl (C=O) groups is 4. The molecule has 0 aromatic carbocycles. The van der Waals surface area contributed by atoms with Crippen LogP contribution in [-0.4, -0.2) is 85.4 Å². The molecule has 4 bridgehead atoms. The van der Waals surface area contributed by atoms with E-state index in [0.717, 1.165) is 25.7 Å². The van der Waals surface area contributed by atoms with E-state index < -0.39 is 18.1 Å². The summed E-state index contributed by atoms with van der Waals surface area (Å²) in [6.45, 7) is 5.47. The Bertz CT molecular complexity index is 887. The number of esters is 1. The fourth-order valence-electron chi connectivity index (χ4n) is 8.54. The van der Waals surface area contributed by atoms with E-state index in [1.54, 1.807) is 9.80 Å². The molecule has 9 heteroatoms. The molecule has 1 heterocycles. The number of methoxy groups -OCH3 is 1. The molecule has 4 aliphatic carbocycles. The molecule has 0 aromatic rings. The zero-order valence-electron chi connectivity index (χ0n) is 22.7. The van der Waals surface area contributed by atoms with Gasteiger partial charge < -0.3 is 25.2 Å². The molecule has 36 heavy (non-hydrogen) atoms. The number of likely N-dealkylation sites (tertiary alicyclic amines) is 1. The molecule has 0 radical (unpaired) electrons. The average Bonchev–Trinajstić information content (AvgIpc) is 3.23. The van der Waals surface area contributed by atoms with Crippen LogP contribution in [0.1, 0.15) is 78.1 Å². The summed E-state index contributed by atoms with van der Waals surface area (Å²) in [6, 6.07) is -1.44. The Kier molecular flexibility index (Phi) is 7.43. The maximum Gasteiger partial charge on any atom is 0.305 e. The minimum atomic E-state index is -0.850. The number of hydrogen-bond acceptors (Lipinski definition) is 6. The smallest absolute Gasteiger partial charge is 0.305 e. The first-order valence-corrected chi connectivity index (χ1v) is 13.5. The Morgan fingerprint density at radius 2 is 1.72 bits per heavy atom. The maximum atomic E-state index is 13.7. The second kappa shape index (κ2) is 9.95. The van der Waals surface area contributed by atoms with Crippen LogP contribution < -0.4 is 10.6 Å². The molecular formula is C27H44N4O5. The summed E-state index contributed by atoms with van der Waals surface area (Å²) in [7, 11) is 4.96. The Morgan fingerprint density at radius 1 is 1.06 bits per heavy atom. The van der Waals surface area contributed by atoms with Crippen molar-refractivity contribution < 1.29 is 23.9 Å². The van der Waals surface area contributed by atoms with Crippen molar-refractivity contribution in [2.24, 2.45) is 16.7 Å². The highest BCUT2D eigenvalue weighted by Crippen LogP contribution is 2.66. The van der Waals surface area contributed by atoms with Crippen molar-refractivity contribution >= 4 is 23.7 Å². The van der Waals surface area contributed by atoms with Crippen molar-refractivity contribution in [3.05, 3.63) is 0 Å². The number of hydrogen-bond donors (Lipinski definition) is 2. The molecule has 3 amide bonds. The predicted octanol–water partition coefficient (Wildman–Crippen LogP) is 1.84. The minimum absolute atomic E-state index is 0.0356. The normalized spacial score (nSPS) is 35.6. The first kappa shape index (κ1) is 26.9. The summed E-state index contributed by atoms with van der Waals surface area (Å²) in [4.78, 5) is 55.0. The number of amides is 3. The van der Waals surface area contributed by atoms with Crippen molar-refractivity contribution in [2.45, 2.75) is 95.7 Å². The van der Waals surface area contributed by atoms with Gasteiger partial charge >= 0.3 is 5.97 Å². The van der Waals surface area contributed by atoms with E-state index in [9.17, 15) is 19.2 Å². The summed E-state index contributed by atoms with van der Waals surface area (Å²) < 4.78 is 4.79. The Hall–Kier alpha value is -2.16. The summed E-state index contributed by atoms with van der Waals surface area (Å²) in [5, 5.41) is 6.29. The monoisotopic (exact) mass is 504 g/mol. The van der Waals surface area contributed by atoms with Crippen LogP contribution in [0, 0.1) is 16.7 Å². The number of rotatable bonds is 9. The first-order valence-electron chi connectivity index (χ1n) is 13.5. The van der Waals surface area contributed by atoms with Gasteiger partial charge in [0.05, 0.1) is 13.7 Å². The second-order valence-corrected chi connectivity index (χ2v) is 13.1. The van der Waals surface area contributed by atoms with E-state index in [0.29, 0.717) is 18.9 Å². The highest BCUT2D eigenvalue weighted by molar-refractivity contribution is 5.93. The Morgan fingerprint density at radius 3 is 2.31 bits per heavy atom. The van der Waals surface area contributed by atoms with E-state index >= 15 is 0 Å².